The molecule has 1 aliphatic rings. The van der Waals surface area contributed by atoms with Crippen molar-refractivity contribution in [2.24, 2.45) is 5.92 Å². The monoisotopic (exact) mass is 401 g/mol. The minimum atomic E-state index is -0.758. The SMILES string of the molecule is CC(C)[C@H]1CN(c2ncc(-c3c(O)cc(-c4cn[nH]c4F)cc3F)nn2)CCN1. The summed E-state index contributed by atoms with van der Waals surface area (Å²) in [5.41, 5.74) is 0.180. The van der Waals surface area contributed by atoms with Crippen LogP contribution < -0.4 is 10.2 Å². The average molecular weight is 401 g/mol. The van der Waals surface area contributed by atoms with Crippen LogP contribution in [0.1, 0.15) is 13.8 Å². The zero-order valence-electron chi connectivity index (χ0n) is 16.0. The second-order valence-electron chi connectivity index (χ2n) is 7.34. The summed E-state index contributed by atoms with van der Waals surface area (Å²) in [6.07, 6.45) is 2.60. The number of nitrogens with zero attached hydrogens (tertiary/aromatic N) is 5. The molecule has 1 aliphatic heterocycles. The number of aromatic nitrogens is 5. The number of phenols is 1. The topological polar surface area (TPSA) is 103 Å². The summed E-state index contributed by atoms with van der Waals surface area (Å²) in [4.78, 5) is 6.34. The highest BCUT2D eigenvalue weighted by Crippen LogP contribution is 2.35. The molecule has 0 bridgehead atoms. The third-order valence-electron chi connectivity index (χ3n) is 5.07. The molecule has 1 saturated heterocycles. The van der Waals surface area contributed by atoms with E-state index in [2.05, 4.69) is 44.5 Å². The number of aromatic hydroxyl groups is 1. The lowest BCUT2D eigenvalue weighted by Gasteiger charge is -2.35. The minimum Gasteiger partial charge on any atom is -0.507 e. The molecule has 3 heterocycles. The molecule has 3 aromatic rings. The van der Waals surface area contributed by atoms with Crippen LogP contribution in [0.25, 0.3) is 22.4 Å². The molecule has 0 amide bonds. The van der Waals surface area contributed by atoms with Crippen molar-refractivity contribution in [3.63, 3.8) is 0 Å². The molecule has 0 saturated carbocycles. The summed E-state index contributed by atoms with van der Waals surface area (Å²) in [5.74, 6) is -0.927. The number of benzene rings is 1. The Hall–Kier alpha value is -3.14. The van der Waals surface area contributed by atoms with Crippen molar-refractivity contribution < 1.29 is 13.9 Å². The Balaban J connectivity index is 1.60. The number of hydrogen-bond donors (Lipinski definition) is 3. The Morgan fingerprint density at radius 2 is 2.03 bits per heavy atom. The number of piperazine rings is 1. The van der Waals surface area contributed by atoms with Gasteiger partial charge in [-0.3, -0.25) is 5.10 Å². The Kier molecular flexibility index (Phi) is 5.10. The van der Waals surface area contributed by atoms with E-state index in [0.717, 1.165) is 25.7 Å². The minimum absolute atomic E-state index is 0.0590. The quantitative estimate of drug-likeness (QED) is 0.617. The van der Waals surface area contributed by atoms with Gasteiger partial charge in [0.25, 0.3) is 0 Å². The second kappa shape index (κ2) is 7.70. The number of phenolic OH excluding ortho intramolecular Hbond substituents is 1. The van der Waals surface area contributed by atoms with E-state index >= 15 is 0 Å². The van der Waals surface area contributed by atoms with E-state index in [1.54, 1.807) is 0 Å². The van der Waals surface area contributed by atoms with E-state index in [1.165, 1.54) is 18.5 Å². The molecular weight excluding hydrogens is 380 g/mol. The third kappa shape index (κ3) is 3.75. The first kappa shape index (κ1) is 19.2. The van der Waals surface area contributed by atoms with Crippen LogP contribution in [-0.4, -0.2) is 56.2 Å². The molecule has 1 fully saturated rings. The van der Waals surface area contributed by atoms with E-state index in [4.69, 9.17) is 0 Å². The standard InChI is InChI=1S/C19H21F2N7O/c1-10(2)15-9-28(4-3-22-15)19-23-8-14(25-27-19)17-13(20)5-11(6-16(17)29)12-7-24-26-18(12)21/h5-8,10,15,22,29H,3-4,9H2,1-2H3,(H,24,26)/t15-/m1/s1. The Bertz CT molecular complexity index is 983. The predicted molar refractivity (Wildman–Crippen MR) is 103 cm³/mol. The molecule has 0 spiro atoms. The van der Waals surface area contributed by atoms with Crippen LogP contribution in [0.4, 0.5) is 14.7 Å². The van der Waals surface area contributed by atoms with Gasteiger partial charge in [-0.2, -0.15) is 9.49 Å². The van der Waals surface area contributed by atoms with Crippen molar-refractivity contribution in [1.82, 2.24) is 30.7 Å². The molecule has 4 rings (SSSR count). The zero-order valence-corrected chi connectivity index (χ0v) is 16.0. The van der Waals surface area contributed by atoms with Gasteiger partial charge >= 0.3 is 0 Å². The summed E-state index contributed by atoms with van der Waals surface area (Å²) >= 11 is 0. The molecule has 0 aliphatic carbocycles. The van der Waals surface area contributed by atoms with Crippen molar-refractivity contribution in [2.75, 3.05) is 24.5 Å². The lowest BCUT2D eigenvalue weighted by Crippen LogP contribution is -2.53. The lowest BCUT2D eigenvalue weighted by atomic mass is 10.0. The van der Waals surface area contributed by atoms with E-state index in [-0.39, 0.29) is 28.1 Å². The Labute approximate surface area is 166 Å². The van der Waals surface area contributed by atoms with Crippen LogP contribution >= 0.6 is 0 Å². The molecule has 0 radical (unpaired) electrons. The summed E-state index contributed by atoms with van der Waals surface area (Å²) in [6, 6.07) is 2.69. The second-order valence-corrected chi connectivity index (χ2v) is 7.34. The van der Waals surface area contributed by atoms with Crippen molar-refractivity contribution in [1.29, 1.82) is 0 Å². The Morgan fingerprint density at radius 1 is 1.21 bits per heavy atom. The first-order valence-electron chi connectivity index (χ1n) is 9.34. The van der Waals surface area contributed by atoms with Crippen molar-refractivity contribution in [2.45, 2.75) is 19.9 Å². The number of anilines is 1. The number of halogens is 2. The first-order valence-corrected chi connectivity index (χ1v) is 9.34. The predicted octanol–water partition coefficient (Wildman–Crippen LogP) is 2.35. The third-order valence-corrected chi connectivity index (χ3v) is 5.07. The number of hydrogen-bond acceptors (Lipinski definition) is 7. The van der Waals surface area contributed by atoms with Crippen molar-refractivity contribution in [3.05, 3.63) is 36.3 Å². The molecule has 10 heteroatoms. The maximum Gasteiger partial charge on any atom is 0.245 e. The highest BCUT2D eigenvalue weighted by Gasteiger charge is 2.24. The summed E-state index contributed by atoms with van der Waals surface area (Å²) in [7, 11) is 0. The number of H-pyrrole nitrogens is 1. The highest BCUT2D eigenvalue weighted by atomic mass is 19.1. The van der Waals surface area contributed by atoms with Crippen LogP contribution in [0, 0.1) is 17.7 Å². The molecule has 29 heavy (non-hydrogen) atoms. The molecule has 1 atom stereocenters. The van der Waals surface area contributed by atoms with Crippen LogP contribution in [0.5, 0.6) is 5.75 Å². The lowest BCUT2D eigenvalue weighted by molar-refractivity contribution is 0.365. The van der Waals surface area contributed by atoms with Gasteiger partial charge < -0.3 is 15.3 Å². The molecule has 0 unspecified atom stereocenters. The molecule has 8 nitrogen and oxygen atoms in total. The van der Waals surface area contributed by atoms with Crippen LogP contribution in [-0.2, 0) is 0 Å². The smallest absolute Gasteiger partial charge is 0.245 e. The summed E-state index contributed by atoms with van der Waals surface area (Å²) < 4.78 is 28.3. The first-order chi connectivity index (χ1) is 13.9. The van der Waals surface area contributed by atoms with Gasteiger partial charge in [-0.15, -0.1) is 10.2 Å². The summed E-state index contributed by atoms with van der Waals surface area (Å²) in [5, 5.41) is 27.7. The number of nitrogens with one attached hydrogen (secondary N) is 2. The van der Waals surface area contributed by atoms with Crippen LogP contribution in [0.3, 0.4) is 0 Å². The van der Waals surface area contributed by atoms with Gasteiger partial charge in [0.2, 0.25) is 11.9 Å². The van der Waals surface area contributed by atoms with E-state index in [0.29, 0.717) is 17.9 Å². The van der Waals surface area contributed by atoms with Gasteiger partial charge in [-0.1, -0.05) is 13.8 Å². The maximum atomic E-state index is 14.7. The van der Waals surface area contributed by atoms with Crippen LogP contribution in [0.15, 0.2) is 24.5 Å². The zero-order chi connectivity index (χ0) is 20.5. The van der Waals surface area contributed by atoms with Gasteiger partial charge in [-0.05, 0) is 23.6 Å². The molecule has 152 valence electrons. The van der Waals surface area contributed by atoms with Gasteiger partial charge in [0.1, 0.15) is 17.3 Å². The number of rotatable bonds is 4. The molecule has 2 aromatic heterocycles. The number of aromatic amines is 1. The van der Waals surface area contributed by atoms with Crippen molar-refractivity contribution in [3.8, 4) is 28.1 Å². The van der Waals surface area contributed by atoms with E-state index < -0.39 is 11.8 Å². The highest BCUT2D eigenvalue weighted by molar-refractivity contribution is 5.74. The van der Waals surface area contributed by atoms with Crippen molar-refractivity contribution >= 4 is 5.95 Å². The fourth-order valence-corrected chi connectivity index (χ4v) is 3.41. The molecule has 1 aromatic carbocycles. The van der Waals surface area contributed by atoms with Gasteiger partial charge in [0.05, 0.1) is 23.5 Å². The fraction of sp³-hybridized carbons (Fsp3) is 0.368. The normalized spacial score (nSPS) is 17.1. The Morgan fingerprint density at radius 3 is 2.66 bits per heavy atom. The summed E-state index contributed by atoms with van der Waals surface area (Å²) in [6.45, 7) is 6.61. The maximum absolute atomic E-state index is 14.7. The molecule has 3 N–H and O–H groups in total. The van der Waals surface area contributed by atoms with Gasteiger partial charge in [0.15, 0.2) is 0 Å². The van der Waals surface area contributed by atoms with E-state index in [1.807, 2.05) is 4.90 Å². The van der Waals surface area contributed by atoms with Gasteiger partial charge in [-0.25, -0.2) is 9.37 Å². The molecular formula is C19H21F2N7O. The largest absolute Gasteiger partial charge is 0.507 e. The van der Waals surface area contributed by atoms with E-state index in [9.17, 15) is 13.9 Å². The average Bonchev–Trinajstić information content (AvgIpc) is 3.14. The van der Waals surface area contributed by atoms with Crippen LogP contribution in [0.2, 0.25) is 0 Å². The van der Waals surface area contributed by atoms with Gasteiger partial charge in [0, 0.05) is 25.7 Å². The fourth-order valence-electron chi connectivity index (χ4n) is 3.41.